The van der Waals surface area contributed by atoms with E-state index < -0.39 is 0 Å². The first-order chi connectivity index (χ1) is 11.5. The fraction of sp³-hybridized carbons (Fsp3) is 0.682. The summed E-state index contributed by atoms with van der Waals surface area (Å²) in [4.78, 5) is 13.4. The third-order valence-electron chi connectivity index (χ3n) is 5.97. The van der Waals surface area contributed by atoms with Crippen molar-refractivity contribution in [2.45, 2.75) is 78.7 Å². The topological polar surface area (TPSA) is 17.1 Å². The van der Waals surface area contributed by atoms with Gasteiger partial charge in [-0.05, 0) is 56.2 Å². The Kier molecular flexibility index (Phi) is 10.1. The fourth-order valence-corrected chi connectivity index (χ4v) is 4.71. The van der Waals surface area contributed by atoms with Gasteiger partial charge in [-0.2, -0.15) is 0 Å². The number of rotatable bonds is 8. The quantitative estimate of drug-likeness (QED) is 0.543. The predicted octanol–water partition coefficient (Wildman–Crippen LogP) is 4.99. The molecule has 0 amide bonds. The van der Waals surface area contributed by atoms with E-state index in [1.54, 1.807) is 0 Å². The molecule has 0 N–H and O–H groups in total. The van der Waals surface area contributed by atoms with Gasteiger partial charge in [0.1, 0.15) is 6.04 Å². The maximum atomic E-state index is 13.4. The molecule has 0 aliphatic carbocycles. The molecular weight excluding hydrogens is 383 g/mol. The van der Waals surface area contributed by atoms with Crippen molar-refractivity contribution in [3.05, 3.63) is 34.9 Å². The SMILES string of the molecule is CCC[C@H](C(=O)Cc1c(C)cccc1C)[N+]1(CCC)CCCCC1.[Y]. The normalized spacial score (nSPS) is 17.6. The Morgan fingerprint density at radius 1 is 1.04 bits per heavy atom. The van der Waals surface area contributed by atoms with Gasteiger partial charge in [-0.25, -0.2) is 0 Å². The molecule has 0 spiro atoms. The molecule has 1 aromatic carbocycles. The second-order valence-electron chi connectivity index (χ2n) is 7.77. The third kappa shape index (κ3) is 5.71. The van der Waals surface area contributed by atoms with E-state index in [2.05, 4.69) is 45.9 Å². The van der Waals surface area contributed by atoms with E-state index in [4.69, 9.17) is 0 Å². The van der Waals surface area contributed by atoms with Crippen LogP contribution in [0.2, 0.25) is 0 Å². The van der Waals surface area contributed by atoms with E-state index in [9.17, 15) is 4.79 Å². The van der Waals surface area contributed by atoms with Gasteiger partial charge in [0.25, 0.3) is 0 Å². The maximum Gasteiger partial charge on any atom is 0.194 e. The molecule has 0 saturated carbocycles. The van der Waals surface area contributed by atoms with Crippen LogP contribution in [0.5, 0.6) is 0 Å². The zero-order chi connectivity index (χ0) is 17.6. The van der Waals surface area contributed by atoms with Crippen LogP contribution in [0.1, 0.15) is 69.1 Å². The van der Waals surface area contributed by atoms with E-state index in [-0.39, 0.29) is 38.8 Å². The van der Waals surface area contributed by atoms with Gasteiger partial charge < -0.3 is 4.48 Å². The summed E-state index contributed by atoms with van der Waals surface area (Å²) in [5.74, 6) is 0.476. The zero-order valence-corrected chi connectivity index (χ0v) is 19.7. The van der Waals surface area contributed by atoms with Crippen molar-refractivity contribution < 1.29 is 42.0 Å². The van der Waals surface area contributed by atoms with E-state index in [1.165, 1.54) is 62.0 Å². The molecular formula is C22H36NOY+. The Morgan fingerprint density at radius 2 is 1.64 bits per heavy atom. The average molecular weight is 419 g/mol. The van der Waals surface area contributed by atoms with Crippen LogP contribution in [-0.4, -0.2) is 35.9 Å². The molecule has 137 valence electrons. The van der Waals surface area contributed by atoms with Crippen LogP contribution in [0.4, 0.5) is 0 Å². The summed E-state index contributed by atoms with van der Waals surface area (Å²) in [5.41, 5.74) is 3.79. The molecule has 25 heavy (non-hydrogen) atoms. The van der Waals surface area contributed by atoms with E-state index in [1.807, 2.05) is 0 Å². The summed E-state index contributed by atoms with van der Waals surface area (Å²) in [6.45, 7) is 12.4. The van der Waals surface area contributed by atoms with Crippen LogP contribution in [-0.2, 0) is 43.9 Å². The molecule has 0 aromatic heterocycles. The second-order valence-corrected chi connectivity index (χ2v) is 7.77. The number of aryl methyl sites for hydroxylation is 2. The van der Waals surface area contributed by atoms with Crippen LogP contribution >= 0.6 is 0 Å². The maximum absolute atomic E-state index is 13.4. The number of quaternary nitrogens is 1. The number of likely N-dealkylation sites (tertiary alicyclic amines) is 1. The number of Topliss-reactive ketones (excluding diaryl/α,β-unsaturated/α-hetero) is 1. The molecule has 1 atom stereocenters. The Balaban J connectivity index is 0.00000312. The van der Waals surface area contributed by atoms with Gasteiger partial charge in [-0.1, -0.05) is 38.5 Å². The first-order valence-electron chi connectivity index (χ1n) is 9.97. The fourth-order valence-electron chi connectivity index (χ4n) is 4.71. The molecule has 1 radical (unpaired) electrons. The number of carbonyl (C=O) groups is 1. The molecule has 1 aromatic rings. The number of piperidine rings is 1. The second kappa shape index (κ2) is 10.9. The smallest absolute Gasteiger partial charge is 0.194 e. The summed E-state index contributed by atoms with van der Waals surface area (Å²) in [6, 6.07) is 6.58. The van der Waals surface area contributed by atoms with Gasteiger partial charge in [0.05, 0.1) is 19.6 Å². The van der Waals surface area contributed by atoms with E-state index in [0.29, 0.717) is 12.2 Å². The minimum absolute atomic E-state index is 0. The Labute approximate surface area is 180 Å². The van der Waals surface area contributed by atoms with Gasteiger partial charge in [0, 0.05) is 45.6 Å². The van der Waals surface area contributed by atoms with Gasteiger partial charge in [0.15, 0.2) is 5.78 Å². The molecule has 0 bridgehead atoms. The Morgan fingerprint density at radius 3 is 2.16 bits per heavy atom. The number of benzene rings is 1. The number of ketones is 1. The molecule has 2 rings (SSSR count). The van der Waals surface area contributed by atoms with Crippen LogP contribution in [0.15, 0.2) is 18.2 Å². The number of hydrogen-bond donors (Lipinski definition) is 0. The molecule has 3 heteroatoms. The summed E-state index contributed by atoms with van der Waals surface area (Å²) < 4.78 is 1.06. The molecule has 2 nitrogen and oxygen atoms in total. The molecule has 0 unspecified atom stereocenters. The van der Waals surface area contributed by atoms with Crippen molar-refractivity contribution in [3.63, 3.8) is 0 Å². The van der Waals surface area contributed by atoms with E-state index >= 15 is 0 Å². The van der Waals surface area contributed by atoms with Crippen molar-refractivity contribution in [2.75, 3.05) is 19.6 Å². The minimum Gasteiger partial charge on any atom is -0.315 e. The van der Waals surface area contributed by atoms with Crippen LogP contribution in [0.25, 0.3) is 0 Å². The monoisotopic (exact) mass is 419 g/mol. The standard InChI is InChI=1S/C22H36NO.Y/c1-5-11-21(23(14-6-2)15-8-7-9-16-23)22(24)17-20-18(3)12-10-13-19(20)4;/h10,12-13,21H,5-9,11,14-17H2,1-4H3;/q+1;/t21-;/m1./s1. The molecule has 1 aliphatic heterocycles. The number of hydrogen-bond acceptors (Lipinski definition) is 1. The van der Waals surface area contributed by atoms with E-state index in [0.717, 1.165) is 17.3 Å². The van der Waals surface area contributed by atoms with Crippen molar-refractivity contribution >= 4 is 5.78 Å². The zero-order valence-electron chi connectivity index (χ0n) is 16.8. The minimum atomic E-state index is 0. The Hall–Kier alpha value is -0.0461. The summed E-state index contributed by atoms with van der Waals surface area (Å²) in [5, 5.41) is 0. The molecule has 1 heterocycles. The van der Waals surface area contributed by atoms with Crippen molar-refractivity contribution in [1.29, 1.82) is 0 Å². The van der Waals surface area contributed by atoms with Crippen LogP contribution in [0, 0.1) is 13.8 Å². The molecule has 1 saturated heterocycles. The summed E-state index contributed by atoms with van der Waals surface area (Å²) in [6.07, 6.45) is 7.86. The number of nitrogens with zero attached hydrogens (tertiary/aromatic N) is 1. The summed E-state index contributed by atoms with van der Waals surface area (Å²) >= 11 is 0. The average Bonchev–Trinajstić information content (AvgIpc) is 2.57. The summed E-state index contributed by atoms with van der Waals surface area (Å²) in [7, 11) is 0. The Bertz CT molecular complexity index is 523. The predicted molar refractivity (Wildman–Crippen MR) is 102 cm³/mol. The van der Waals surface area contributed by atoms with Gasteiger partial charge >= 0.3 is 0 Å². The van der Waals surface area contributed by atoms with Crippen molar-refractivity contribution in [2.24, 2.45) is 0 Å². The van der Waals surface area contributed by atoms with Crippen molar-refractivity contribution in [3.8, 4) is 0 Å². The van der Waals surface area contributed by atoms with Gasteiger partial charge in [0.2, 0.25) is 0 Å². The van der Waals surface area contributed by atoms with Crippen LogP contribution < -0.4 is 0 Å². The van der Waals surface area contributed by atoms with Gasteiger partial charge in [-0.3, -0.25) is 4.79 Å². The molecule has 1 aliphatic rings. The van der Waals surface area contributed by atoms with Crippen LogP contribution in [0.3, 0.4) is 0 Å². The number of carbonyl (C=O) groups excluding carboxylic acids is 1. The third-order valence-corrected chi connectivity index (χ3v) is 5.97. The largest absolute Gasteiger partial charge is 0.315 e. The first-order valence-corrected chi connectivity index (χ1v) is 9.97. The van der Waals surface area contributed by atoms with Gasteiger partial charge in [-0.15, -0.1) is 0 Å². The van der Waals surface area contributed by atoms with Crippen molar-refractivity contribution in [1.82, 2.24) is 0 Å². The molecule has 1 fully saturated rings. The first kappa shape index (κ1) is 23.0.